The van der Waals surface area contributed by atoms with Gasteiger partial charge in [0.2, 0.25) is 0 Å². The third-order valence-electron chi connectivity index (χ3n) is 2.35. The quantitative estimate of drug-likeness (QED) is 0.760. The fourth-order valence-electron chi connectivity index (χ4n) is 1.52. The SMILES string of the molecule is NCCC[C@H](N)c1cc(OC(F)(F)F)ccc1O. The number of ether oxygens (including phenoxy) is 1. The Morgan fingerprint density at radius 3 is 2.56 bits per heavy atom. The molecular weight excluding hydrogens is 249 g/mol. The van der Waals surface area contributed by atoms with Crippen LogP contribution in [0.4, 0.5) is 13.2 Å². The first-order valence-corrected chi connectivity index (χ1v) is 5.38. The summed E-state index contributed by atoms with van der Waals surface area (Å²) in [6, 6.07) is 2.66. The number of phenols is 1. The minimum Gasteiger partial charge on any atom is -0.508 e. The molecule has 4 nitrogen and oxygen atoms in total. The minimum atomic E-state index is -4.77. The van der Waals surface area contributed by atoms with E-state index in [9.17, 15) is 18.3 Å². The topological polar surface area (TPSA) is 81.5 Å². The zero-order valence-corrected chi connectivity index (χ0v) is 9.57. The van der Waals surface area contributed by atoms with Crippen molar-refractivity contribution in [2.75, 3.05) is 6.54 Å². The molecule has 1 aromatic rings. The van der Waals surface area contributed by atoms with Gasteiger partial charge in [0.05, 0.1) is 0 Å². The molecule has 5 N–H and O–H groups in total. The van der Waals surface area contributed by atoms with Gasteiger partial charge in [-0.05, 0) is 37.6 Å². The molecule has 0 amide bonds. The Balaban J connectivity index is 2.87. The summed E-state index contributed by atoms with van der Waals surface area (Å²) in [7, 11) is 0. The van der Waals surface area contributed by atoms with Gasteiger partial charge in [0, 0.05) is 11.6 Å². The summed E-state index contributed by atoms with van der Waals surface area (Å²) in [6.07, 6.45) is -3.68. The van der Waals surface area contributed by atoms with E-state index in [4.69, 9.17) is 11.5 Å². The van der Waals surface area contributed by atoms with Crippen LogP contribution in [0.25, 0.3) is 0 Å². The number of alkyl halides is 3. The number of aromatic hydroxyl groups is 1. The molecule has 1 rings (SSSR count). The molecule has 1 atom stereocenters. The van der Waals surface area contributed by atoms with Crippen molar-refractivity contribution in [3.8, 4) is 11.5 Å². The van der Waals surface area contributed by atoms with Crippen LogP contribution in [0.1, 0.15) is 24.4 Å². The summed E-state index contributed by atoms with van der Waals surface area (Å²) in [5.41, 5.74) is 11.3. The third kappa shape index (κ3) is 4.42. The first-order valence-electron chi connectivity index (χ1n) is 5.38. The lowest BCUT2D eigenvalue weighted by Crippen LogP contribution is -2.18. The van der Waals surface area contributed by atoms with Crippen LogP contribution in [0.2, 0.25) is 0 Å². The van der Waals surface area contributed by atoms with Gasteiger partial charge in [-0.2, -0.15) is 0 Å². The zero-order valence-electron chi connectivity index (χ0n) is 9.57. The molecule has 0 spiro atoms. The predicted octanol–water partition coefficient (Wildman–Crippen LogP) is 2.03. The van der Waals surface area contributed by atoms with Gasteiger partial charge in [0.25, 0.3) is 0 Å². The highest BCUT2D eigenvalue weighted by atomic mass is 19.4. The van der Waals surface area contributed by atoms with Crippen molar-refractivity contribution in [3.05, 3.63) is 23.8 Å². The number of nitrogens with two attached hydrogens (primary N) is 2. The van der Waals surface area contributed by atoms with Crippen LogP contribution in [-0.2, 0) is 0 Å². The van der Waals surface area contributed by atoms with Gasteiger partial charge >= 0.3 is 6.36 Å². The monoisotopic (exact) mass is 264 g/mol. The maximum atomic E-state index is 12.0. The van der Waals surface area contributed by atoms with E-state index in [0.29, 0.717) is 19.4 Å². The highest BCUT2D eigenvalue weighted by Gasteiger charge is 2.31. The average molecular weight is 264 g/mol. The number of hydrogen-bond donors (Lipinski definition) is 3. The van der Waals surface area contributed by atoms with Crippen molar-refractivity contribution in [2.45, 2.75) is 25.2 Å². The van der Waals surface area contributed by atoms with Crippen LogP contribution in [0.5, 0.6) is 11.5 Å². The molecule has 0 aliphatic rings. The highest BCUT2D eigenvalue weighted by molar-refractivity contribution is 5.41. The van der Waals surface area contributed by atoms with Gasteiger partial charge in [0.1, 0.15) is 11.5 Å². The second-order valence-corrected chi connectivity index (χ2v) is 3.81. The lowest BCUT2D eigenvalue weighted by atomic mass is 10.0. The fourth-order valence-corrected chi connectivity index (χ4v) is 1.52. The molecule has 18 heavy (non-hydrogen) atoms. The molecule has 0 bridgehead atoms. The molecule has 102 valence electrons. The first kappa shape index (κ1) is 14.6. The summed E-state index contributed by atoms with van der Waals surface area (Å²) in [5.74, 6) is -0.562. The molecule has 0 radical (unpaired) electrons. The summed E-state index contributed by atoms with van der Waals surface area (Å²) in [4.78, 5) is 0. The second kappa shape index (κ2) is 5.92. The van der Waals surface area contributed by atoms with Gasteiger partial charge in [-0.3, -0.25) is 0 Å². The van der Waals surface area contributed by atoms with Gasteiger partial charge < -0.3 is 21.3 Å². The molecule has 0 unspecified atom stereocenters. The Bertz CT molecular complexity index is 396. The maximum absolute atomic E-state index is 12.0. The van der Waals surface area contributed by atoms with Crippen LogP contribution >= 0.6 is 0 Å². The summed E-state index contributed by atoms with van der Waals surface area (Å²) >= 11 is 0. The van der Waals surface area contributed by atoms with E-state index in [1.807, 2.05) is 0 Å². The van der Waals surface area contributed by atoms with E-state index in [1.165, 1.54) is 0 Å². The molecule has 0 saturated carbocycles. The molecule has 0 heterocycles. The summed E-state index contributed by atoms with van der Waals surface area (Å²) < 4.78 is 39.9. The van der Waals surface area contributed by atoms with Crippen LogP contribution in [0, 0.1) is 0 Å². The molecule has 0 fully saturated rings. The van der Waals surface area contributed by atoms with E-state index < -0.39 is 18.2 Å². The van der Waals surface area contributed by atoms with Crippen LogP contribution in [0.15, 0.2) is 18.2 Å². The molecule has 7 heteroatoms. The van der Waals surface area contributed by atoms with Gasteiger partial charge in [-0.25, -0.2) is 0 Å². The van der Waals surface area contributed by atoms with Crippen molar-refractivity contribution < 1.29 is 23.0 Å². The Morgan fingerprint density at radius 2 is 2.00 bits per heavy atom. The Hall–Kier alpha value is -1.47. The summed E-state index contributed by atoms with van der Waals surface area (Å²) in [5, 5.41) is 9.55. The zero-order chi connectivity index (χ0) is 13.8. The van der Waals surface area contributed by atoms with Crippen LogP contribution in [-0.4, -0.2) is 18.0 Å². The van der Waals surface area contributed by atoms with Crippen LogP contribution < -0.4 is 16.2 Å². The van der Waals surface area contributed by atoms with Gasteiger partial charge in [-0.1, -0.05) is 0 Å². The number of rotatable bonds is 5. The van der Waals surface area contributed by atoms with E-state index in [2.05, 4.69) is 4.74 Å². The molecule has 0 saturated heterocycles. The lowest BCUT2D eigenvalue weighted by molar-refractivity contribution is -0.274. The van der Waals surface area contributed by atoms with Gasteiger partial charge in [-0.15, -0.1) is 13.2 Å². The third-order valence-corrected chi connectivity index (χ3v) is 2.35. The minimum absolute atomic E-state index is 0.158. The van der Waals surface area contributed by atoms with Gasteiger partial charge in [0.15, 0.2) is 0 Å². The van der Waals surface area contributed by atoms with Crippen LogP contribution in [0.3, 0.4) is 0 Å². The lowest BCUT2D eigenvalue weighted by Gasteiger charge is -2.15. The van der Waals surface area contributed by atoms with Crippen molar-refractivity contribution in [1.82, 2.24) is 0 Å². The maximum Gasteiger partial charge on any atom is 0.573 e. The van der Waals surface area contributed by atoms with E-state index in [-0.39, 0.29) is 11.3 Å². The molecule has 0 aliphatic carbocycles. The van der Waals surface area contributed by atoms with Crippen molar-refractivity contribution >= 4 is 0 Å². The Kier molecular flexibility index (Phi) is 4.80. The van der Waals surface area contributed by atoms with E-state index >= 15 is 0 Å². The normalized spacial score (nSPS) is 13.4. The smallest absolute Gasteiger partial charge is 0.508 e. The number of phenolic OH excluding ortho intramolecular Hbond substituents is 1. The second-order valence-electron chi connectivity index (χ2n) is 3.81. The highest BCUT2D eigenvalue weighted by Crippen LogP contribution is 2.31. The van der Waals surface area contributed by atoms with Crippen molar-refractivity contribution in [2.24, 2.45) is 11.5 Å². The average Bonchev–Trinajstić information content (AvgIpc) is 2.26. The number of halogens is 3. The number of hydrogen-bond acceptors (Lipinski definition) is 4. The van der Waals surface area contributed by atoms with E-state index in [1.54, 1.807) is 0 Å². The fraction of sp³-hybridized carbons (Fsp3) is 0.455. The first-order chi connectivity index (χ1) is 8.33. The predicted molar refractivity (Wildman–Crippen MR) is 60.0 cm³/mol. The van der Waals surface area contributed by atoms with Crippen molar-refractivity contribution in [3.63, 3.8) is 0 Å². The molecule has 0 aliphatic heterocycles. The standard InChI is InChI=1S/C11H15F3N2O2/c12-11(13,14)18-7-3-4-10(17)8(6-7)9(16)2-1-5-15/h3-4,6,9,17H,1-2,5,15-16H2/t9-/m0/s1. The van der Waals surface area contributed by atoms with Crippen molar-refractivity contribution in [1.29, 1.82) is 0 Å². The van der Waals surface area contributed by atoms with E-state index in [0.717, 1.165) is 18.2 Å². The largest absolute Gasteiger partial charge is 0.573 e. The molecule has 1 aromatic carbocycles. The summed E-state index contributed by atoms with van der Waals surface area (Å²) in [6.45, 7) is 0.424. The Labute approximate surface area is 102 Å². The Morgan fingerprint density at radius 1 is 1.33 bits per heavy atom. The number of benzene rings is 1. The molecular formula is C11H15F3N2O2. The molecule has 0 aromatic heterocycles.